The average Bonchev–Trinajstić information content (AvgIpc) is 2.71. The Kier molecular flexibility index (Phi) is 2.66. The fourth-order valence-corrected chi connectivity index (χ4v) is 2.57. The first-order valence-corrected chi connectivity index (χ1v) is 6.40. The van der Waals surface area contributed by atoms with E-state index in [1.54, 1.807) is 6.20 Å². The summed E-state index contributed by atoms with van der Waals surface area (Å²) in [6.45, 7) is 0. The van der Waals surface area contributed by atoms with Crippen LogP contribution in [0.15, 0.2) is 29.1 Å². The first kappa shape index (κ1) is 11.4. The molecular formula is C12H10BrN3O2. The van der Waals surface area contributed by atoms with Gasteiger partial charge in [-0.05, 0) is 34.0 Å². The summed E-state index contributed by atoms with van der Waals surface area (Å²) in [5.74, 6) is -0.677. The molecule has 0 spiro atoms. The van der Waals surface area contributed by atoms with Gasteiger partial charge in [0.05, 0.1) is 12.1 Å². The van der Waals surface area contributed by atoms with Crippen LogP contribution in [0.3, 0.4) is 0 Å². The first-order valence-electron chi connectivity index (χ1n) is 5.61. The number of nitrogens with one attached hydrogen (secondary N) is 1. The third-order valence-electron chi connectivity index (χ3n) is 3.12. The first-order chi connectivity index (χ1) is 8.65. The number of pyridine rings is 1. The van der Waals surface area contributed by atoms with E-state index in [0.29, 0.717) is 12.8 Å². The van der Waals surface area contributed by atoms with Crippen LogP contribution in [-0.2, 0) is 9.59 Å². The van der Waals surface area contributed by atoms with Crippen molar-refractivity contribution in [2.45, 2.75) is 18.8 Å². The number of rotatable bonds is 1. The predicted octanol–water partition coefficient (Wildman–Crippen LogP) is 1.62. The molecule has 1 atom stereocenters. The largest absolute Gasteiger partial charge is 0.296 e. The highest BCUT2D eigenvalue weighted by atomic mass is 79.9. The second-order valence-electron chi connectivity index (χ2n) is 4.28. The topological polar surface area (TPSA) is 63.5 Å². The van der Waals surface area contributed by atoms with Gasteiger partial charge in [0.1, 0.15) is 10.3 Å². The highest BCUT2D eigenvalue weighted by molar-refractivity contribution is 9.10. The quantitative estimate of drug-likeness (QED) is 0.814. The van der Waals surface area contributed by atoms with E-state index in [0.717, 1.165) is 15.8 Å². The molecule has 6 heteroatoms. The molecule has 3 heterocycles. The van der Waals surface area contributed by atoms with Crippen LogP contribution in [0.2, 0.25) is 0 Å². The second kappa shape index (κ2) is 4.20. The van der Waals surface area contributed by atoms with E-state index in [-0.39, 0.29) is 17.7 Å². The summed E-state index contributed by atoms with van der Waals surface area (Å²) in [7, 11) is 0. The average molecular weight is 308 g/mol. The van der Waals surface area contributed by atoms with Crippen LogP contribution >= 0.6 is 15.9 Å². The number of imide groups is 1. The van der Waals surface area contributed by atoms with Gasteiger partial charge < -0.3 is 0 Å². The van der Waals surface area contributed by atoms with E-state index >= 15 is 0 Å². The Morgan fingerprint density at radius 1 is 1.39 bits per heavy atom. The van der Waals surface area contributed by atoms with Crippen molar-refractivity contribution in [3.05, 3.63) is 34.7 Å². The molecule has 1 aliphatic heterocycles. The predicted molar refractivity (Wildman–Crippen MR) is 68.0 cm³/mol. The minimum Gasteiger partial charge on any atom is -0.296 e. The van der Waals surface area contributed by atoms with Gasteiger partial charge >= 0.3 is 0 Å². The van der Waals surface area contributed by atoms with E-state index in [9.17, 15) is 9.59 Å². The molecule has 0 aromatic carbocycles. The zero-order chi connectivity index (χ0) is 12.7. The molecule has 1 saturated heterocycles. The summed E-state index contributed by atoms with van der Waals surface area (Å²) in [5, 5.41) is 2.37. The highest BCUT2D eigenvalue weighted by Gasteiger charge is 2.28. The van der Waals surface area contributed by atoms with Crippen LogP contribution in [0.4, 0.5) is 0 Å². The van der Waals surface area contributed by atoms with Gasteiger partial charge in [-0.3, -0.25) is 19.3 Å². The fourth-order valence-electron chi connectivity index (χ4n) is 2.18. The van der Waals surface area contributed by atoms with Crippen molar-refractivity contribution in [1.82, 2.24) is 14.7 Å². The van der Waals surface area contributed by atoms with Crippen molar-refractivity contribution in [3.8, 4) is 0 Å². The summed E-state index contributed by atoms with van der Waals surface area (Å²) in [6.07, 6.45) is 4.54. The Morgan fingerprint density at radius 3 is 3.00 bits per heavy atom. The number of carbonyl (C=O) groups excluding carboxylic acids is 2. The number of amides is 2. The van der Waals surface area contributed by atoms with Crippen molar-refractivity contribution in [2.24, 2.45) is 0 Å². The SMILES string of the molecule is O=C1CCC(c2ccc3ncc(Br)n3c2)C(=O)N1. The van der Waals surface area contributed by atoms with Crippen molar-refractivity contribution in [2.75, 3.05) is 0 Å². The lowest BCUT2D eigenvalue weighted by atomic mass is 9.92. The maximum atomic E-state index is 11.8. The van der Waals surface area contributed by atoms with Crippen molar-refractivity contribution >= 4 is 33.4 Å². The minimum atomic E-state index is -0.263. The van der Waals surface area contributed by atoms with Crippen LogP contribution in [0.25, 0.3) is 5.65 Å². The molecule has 0 bridgehead atoms. The standard InChI is InChI=1S/C12H10BrN3O2/c13-9-5-14-10-3-1-7(6-16(9)10)8-2-4-11(17)15-12(8)18/h1,3,5-6,8H,2,4H2,(H,15,17,18). The van der Waals surface area contributed by atoms with Crippen LogP contribution in [0.5, 0.6) is 0 Å². The molecule has 18 heavy (non-hydrogen) atoms. The number of fused-ring (bicyclic) bond motifs is 1. The summed E-state index contributed by atoms with van der Waals surface area (Å²) in [6, 6.07) is 3.75. The fraction of sp³-hybridized carbons (Fsp3) is 0.250. The second-order valence-corrected chi connectivity index (χ2v) is 5.09. The highest BCUT2D eigenvalue weighted by Crippen LogP contribution is 2.26. The molecule has 1 N–H and O–H groups in total. The van der Waals surface area contributed by atoms with E-state index in [1.807, 2.05) is 22.7 Å². The monoisotopic (exact) mass is 307 g/mol. The van der Waals surface area contributed by atoms with E-state index < -0.39 is 0 Å². The minimum absolute atomic E-state index is 0.193. The number of hydrogen-bond donors (Lipinski definition) is 1. The maximum absolute atomic E-state index is 11.8. The summed E-state index contributed by atoms with van der Waals surface area (Å²) >= 11 is 3.40. The molecule has 1 unspecified atom stereocenters. The van der Waals surface area contributed by atoms with Gasteiger partial charge in [-0.2, -0.15) is 0 Å². The molecule has 1 fully saturated rings. The van der Waals surface area contributed by atoms with Gasteiger partial charge in [-0.15, -0.1) is 0 Å². The number of aromatic nitrogens is 2. The van der Waals surface area contributed by atoms with Crippen LogP contribution < -0.4 is 5.32 Å². The number of halogens is 1. The number of nitrogens with zero attached hydrogens (tertiary/aromatic N) is 2. The van der Waals surface area contributed by atoms with Gasteiger partial charge in [0.25, 0.3) is 0 Å². The summed E-state index contributed by atoms with van der Waals surface area (Å²) < 4.78 is 2.71. The zero-order valence-corrected chi connectivity index (χ0v) is 11.0. The third kappa shape index (κ3) is 1.82. The number of piperidine rings is 1. The Morgan fingerprint density at radius 2 is 2.22 bits per heavy atom. The summed E-state index contributed by atoms with van der Waals surface area (Å²) in [4.78, 5) is 27.1. The van der Waals surface area contributed by atoms with E-state index in [4.69, 9.17) is 0 Å². The van der Waals surface area contributed by atoms with Gasteiger partial charge in [0.15, 0.2) is 0 Å². The van der Waals surface area contributed by atoms with Gasteiger partial charge in [-0.25, -0.2) is 4.98 Å². The van der Waals surface area contributed by atoms with E-state index in [1.165, 1.54) is 0 Å². The van der Waals surface area contributed by atoms with Gasteiger partial charge in [0.2, 0.25) is 11.8 Å². The number of imidazole rings is 1. The van der Waals surface area contributed by atoms with Gasteiger partial charge in [-0.1, -0.05) is 6.07 Å². The molecule has 5 nitrogen and oxygen atoms in total. The molecule has 0 aliphatic carbocycles. The zero-order valence-electron chi connectivity index (χ0n) is 9.39. The lowest BCUT2D eigenvalue weighted by Crippen LogP contribution is -2.39. The molecule has 2 aromatic heterocycles. The van der Waals surface area contributed by atoms with Crippen molar-refractivity contribution in [3.63, 3.8) is 0 Å². The Balaban J connectivity index is 2.01. The molecular weight excluding hydrogens is 298 g/mol. The lowest BCUT2D eigenvalue weighted by molar-refractivity contribution is -0.134. The maximum Gasteiger partial charge on any atom is 0.234 e. The van der Waals surface area contributed by atoms with Crippen LogP contribution in [0.1, 0.15) is 24.3 Å². The van der Waals surface area contributed by atoms with Crippen molar-refractivity contribution in [1.29, 1.82) is 0 Å². The Hall–Kier alpha value is -1.69. The normalized spacial score (nSPS) is 20.2. The van der Waals surface area contributed by atoms with Gasteiger partial charge in [0, 0.05) is 12.6 Å². The van der Waals surface area contributed by atoms with Crippen LogP contribution in [0, 0.1) is 0 Å². The molecule has 2 aromatic rings. The Bertz CT molecular complexity index is 650. The molecule has 1 aliphatic rings. The molecule has 3 rings (SSSR count). The molecule has 0 radical (unpaired) electrons. The third-order valence-corrected chi connectivity index (χ3v) is 3.71. The molecule has 2 amide bonds. The van der Waals surface area contributed by atoms with Crippen molar-refractivity contribution < 1.29 is 9.59 Å². The smallest absolute Gasteiger partial charge is 0.234 e. The molecule has 92 valence electrons. The summed E-state index contributed by atoms with van der Waals surface area (Å²) in [5.41, 5.74) is 1.71. The van der Waals surface area contributed by atoms with Crippen LogP contribution in [-0.4, -0.2) is 21.2 Å². The lowest BCUT2D eigenvalue weighted by Gasteiger charge is -2.21. The number of carbonyl (C=O) groups is 2. The Labute approximate surface area is 111 Å². The molecule has 0 saturated carbocycles. The van der Waals surface area contributed by atoms with E-state index in [2.05, 4.69) is 26.2 Å². The number of hydrogen-bond acceptors (Lipinski definition) is 3.